The van der Waals surface area contributed by atoms with Crippen LogP contribution in [-0.2, 0) is 19.1 Å². The maximum absolute atomic E-state index is 12.5. The fraction of sp³-hybridized carbons (Fsp3) is 0.667. The van der Waals surface area contributed by atoms with Crippen molar-refractivity contribution in [3.8, 4) is 0 Å². The van der Waals surface area contributed by atoms with E-state index in [0.29, 0.717) is 0 Å². The van der Waals surface area contributed by atoms with E-state index >= 15 is 0 Å². The summed E-state index contributed by atoms with van der Waals surface area (Å²) in [6.07, 6.45) is -2.83. The third-order valence-electron chi connectivity index (χ3n) is 4.30. The highest BCUT2D eigenvalue weighted by molar-refractivity contribution is 6.02. The van der Waals surface area contributed by atoms with Gasteiger partial charge in [-0.3, -0.25) is 9.59 Å². The van der Waals surface area contributed by atoms with Gasteiger partial charge in [-0.25, -0.2) is 4.79 Å². The number of aliphatic hydroxyl groups is 3. The molecule has 11 heteroatoms. The lowest BCUT2D eigenvalue weighted by Crippen LogP contribution is -2.82. The number of ether oxygens (including phenoxy) is 2. The van der Waals surface area contributed by atoms with E-state index in [2.05, 4.69) is 22.5 Å². The summed E-state index contributed by atoms with van der Waals surface area (Å²) in [6.45, 7) is 5.75. The van der Waals surface area contributed by atoms with Crippen LogP contribution < -0.4 is 16.0 Å². The van der Waals surface area contributed by atoms with Crippen molar-refractivity contribution in [3.63, 3.8) is 0 Å². The van der Waals surface area contributed by atoms with Crippen LogP contribution in [0.4, 0.5) is 4.79 Å². The molecule has 3 fully saturated rings. The smallest absolute Gasteiger partial charge is 0.407 e. The Morgan fingerprint density at radius 3 is 2.73 bits per heavy atom. The zero-order valence-corrected chi connectivity index (χ0v) is 14.5. The van der Waals surface area contributed by atoms with Crippen LogP contribution in [0.15, 0.2) is 12.2 Å². The molecular weight excluding hydrogens is 350 g/mol. The molecule has 0 aromatic rings. The summed E-state index contributed by atoms with van der Waals surface area (Å²) in [5.41, 5.74) is -6.87. The van der Waals surface area contributed by atoms with Crippen LogP contribution in [0.5, 0.6) is 0 Å². The van der Waals surface area contributed by atoms with Crippen molar-refractivity contribution in [1.82, 2.24) is 16.0 Å². The first-order valence-electron chi connectivity index (χ1n) is 8.00. The molecule has 0 spiro atoms. The molecule has 0 saturated carbocycles. The number of alkyl carbamates (subject to hydrolysis) is 1. The van der Waals surface area contributed by atoms with Crippen LogP contribution >= 0.6 is 0 Å². The van der Waals surface area contributed by atoms with Crippen molar-refractivity contribution >= 4 is 17.9 Å². The molecule has 3 aliphatic rings. The summed E-state index contributed by atoms with van der Waals surface area (Å²) in [5, 5.41) is 38.0. The number of fused-ring (bicyclic) bond motifs is 5. The minimum Gasteiger partial charge on any atom is -0.446 e. The van der Waals surface area contributed by atoms with Gasteiger partial charge < -0.3 is 40.7 Å². The molecule has 146 valence electrons. The topological polar surface area (TPSA) is 166 Å². The molecule has 0 radical (unpaired) electrons. The molecule has 0 unspecified atom stereocenters. The zero-order chi connectivity index (χ0) is 19.8. The fourth-order valence-electron chi connectivity index (χ4n) is 2.69. The zero-order valence-electron chi connectivity index (χ0n) is 14.5. The first-order chi connectivity index (χ1) is 12.0. The molecule has 3 heterocycles. The van der Waals surface area contributed by atoms with Crippen molar-refractivity contribution in [2.45, 2.75) is 43.4 Å². The molecule has 2 bridgehead atoms. The molecule has 3 aliphatic heterocycles. The van der Waals surface area contributed by atoms with Crippen LogP contribution in [-0.4, -0.2) is 76.1 Å². The highest BCUT2D eigenvalue weighted by Crippen LogP contribution is 2.33. The molecule has 11 nitrogen and oxygen atoms in total. The number of aliphatic hydroxyl groups excluding tert-OH is 1. The van der Waals surface area contributed by atoms with Gasteiger partial charge in [-0.05, 0) is 25.8 Å². The van der Waals surface area contributed by atoms with E-state index in [0.717, 1.165) is 6.92 Å². The lowest BCUT2D eigenvalue weighted by molar-refractivity contribution is -0.230. The maximum atomic E-state index is 12.5. The van der Waals surface area contributed by atoms with Crippen molar-refractivity contribution < 1.29 is 39.2 Å². The standard InChI is InChI=1S/C15H23N3O8/c1-4-16-12(22)25-7-13(3,23)9(19)15-11(21)17-14(24,10(20)18-15)8(2)5-6-26-15/h9,19,23-24H,2,4-7H2,1,3H3,(H,16,22)(H,17,21)(H,18,20)/t9-,13-,14+,15-/m0/s1. The lowest BCUT2D eigenvalue weighted by Gasteiger charge is -2.49. The Balaban J connectivity index is 2.26. The minimum absolute atomic E-state index is 0.0115. The van der Waals surface area contributed by atoms with E-state index in [4.69, 9.17) is 9.47 Å². The number of amides is 3. The van der Waals surface area contributed by atoms with Gasteiger partial charge in [0, 0.05) is 6.54 Å². The van der Waals surface area contributed by atoms with Crippen LogP contribution in [0.1, 0.15) is 20.3 Å². The third-order valence-corrected chi connectivity index (χ3v) is 4.30. The van der Waals surface area contributed by atoms with Crippen molar-refractivity contribution in [2.24, 2.45) is 0 Å². The molecule has 6 N–H and O–H groups in total. The van der Waals surface area contributed by atoms with Crippen LogP contribution in [0.25, 0.3) is 0 Å². The van der Waals surface area contributed by atoms with Gasteiger partial charge in [0.1, 0.15) is 18.3 Å². The van der Waals surface area contributed by atoms with Crippen LogP contribution in [0.2, 0.25) is 0 Å². The molecule has 3 amide bonds. The predicted molar refractivity (Wildman–Crippen MR) is 85.3 cm³/mol. The van der Waals surface area contributed by atoms with Gasteiger partial charge >= 0.3 is 6.09 Å². The molecular formula is C15H23N3O8. The SMILES string of the molecule is C=C1CCO[C@]2([C@@H](O)[C@@](C)(O)COC(=O)NCC)NC(=O)[C@@]1(O)NC2=O. The molecule has 3 rings (SSSR count). The third kappa shape index (κ3) is 3.26. The van der Waals surface area contributed by atoms with Gasteiger partial charge in [-0.2, -0.15) is 0 Å². The second-order valence-electron chi connectivity index (χ2n) is 6.42. The number of carbonyl (C=O) groups is 3. The monoisotopic (exact) mass is 373 g/mol. The van der Waals surface area contributed by atoms with Gasteiger partial charge in [0.05, 0.1) is 6.61 Å². The Morgan fingerprint density at radius 1 is 1.46 bits per heavy atom. The number of piperazine rings is 1. The highest BCUT2D eigenvalue weighted by Gasteiger charge is 2.63. The summed E-state index contributed by atoms with van der Waals surface area (Å²) < 4.78 is 10.2. The summed E-state index contributed by atoms with van der Waals surface area (Å²) in [5.74, 6) is -2.15. The normalized spacial score (nSPS) is 31.8. The Bertz CT molecular complexity index is 636. The molecule has 4 atom stereocenters. The number of nitrogens with one attached hydrogen (secondary N) is 3. The summed E-state index contributed by atoms with van der Waals surface area (Å²) in [6, 6.07) is 0. The number of rotatable bonds is 5. The molecule has 0 aliphatic carbocycles. The number of hydrogen-bond acceptors (Lipinski definition) is 8. The van der Waals surface area contributed by atoms with E-state index in [1.54, 1.807) is 6.92 Å². The Hall–Kier alpha value is -2.21. The maximum Gasteiger partial charge on any atom is 0.407 e. The van der Waals surface area contributed by atoms with Gasteiger partial charge in [0.25, 0.3) is 17.5 Å². The van der Waals surface area contributed by atoms with Gasteiger partial charge in [-0.15, -0.1) is 0 Å². The van der Waals surface area contributed by atoms with Crippen molar-refractivity contribution in [2.75, 3.05) is 19.8 Å². The van der Waals surface area contributed by atoms with Gasteiger partial charge in [0.2, 0.25) is 5.72 Å². The van der Waals surface area contributed by atoms with Gasteiger partial charge in [-0.1, -0.05) is 6.58 Å². The Labute approximate surface area is 149 Å². The summed E-state index contributed by atoms with van der Waals surface area (Å²) >= 11 is 0. The Kier molecular flexibility index (Phi) is 5.29. The average Bonchev–Trinajstić information content (AvgIpc) is 2.56. The highest BCUT2D eigenvalue weighted by atomic mass is 16.6. The first-order valence-corrected chi connectivity index (χ1v) is 8.00. The second kappa shape index (κ2) is 6.83. The fourth-order valence-corrected chi connectivity index (χ4v) is 2.69. The molecule has 3 saturated heterocycles. The molecule has 0 aromatic heterocycles. The predicted octanol–water partition coefficient (Wildman–Crippen LogP) is -2.55. The molecule has 0 aromatic carbocycles. The van der Waals surface area contributed by atoms with E-state index < -0.39 is 47.7 Å². The summed E-state index contributed by atoms with van der Waals surface area (Å²) in [7, 11) is 0. The largest absolute Gasteiger partial charge is 0.446 e. The second-order valence-corrected chi connectivity index (χ2v) is 6.42. The minimum atomic E-state index is -2.38. The summed E-state index contributed by atoms with van der Waals surface area (Å²) in [4.78, 5) is 36.2. The van der Waals surface area contributed by atoms with Gasteiger partial charge in [0.15, 0.2) is 0 Å². The van der Waals surface area contributed by atoms with Crippen LogP contribution in [0.3, 0.4) is 0 Å². The average molecular weight is 373 g/mol. The van der Waals surface area contributed by atoms with E-state index in [1.807, 2.05) is 0 Å². The lowest BCUT2D eigenvalue weighted by atomic mass is 9.85. The number of carbonyl (C=O) groups excluding carboxylic acids is 3. The Morgan fingerprint density at radius 2 is 2.12 bits per heavy atom. The van der Waals surface area contributed by atoms with E-state index in [9.17, 15) is 29.7 Å². The van der Waals surface area contributed by atoms with E-state index in [1.165, 1.54) is 0 Å². The van der Waals surface area contributed by atoms with E-state index in [-0.39, 0.29) is 25.1 Å². The number of hydrogen-bond donors (Lipinski definition) is 6. The van der Waals surface area contributed by atoms with Crippen LogP contribution in [0, 0.1) is 0 Å². The van der Waals surface area contributed by atoms with Crippen molar-refractivity contribution in [1.29, 1.82) is 0 Å². The van der Waals surface area contributed by atoms with Crippen molar-refractivity contribution in [3.05, 3.63) is 12.2 Å². The molecule has 26 heavy (non-hydrogen) atoms. The quantitative estimate of drug-likeness (QED) is 0.287. The first kappa shape index (κ1) is 20.1.